The van der Waals surface area contributed by atoms with Crippen molar-refractivity contribution in [2.24, 2.45) is 5.73 Å². The topological polar surface area (TPSA) is 48.1 Å². The van der Waals surface area contributed by atoms with Gasteiger partial charge < -0.3 is 10.5 Å². The fourth-order valence-corrected chi connectivity index (χ4v) is 3.50. The maximum absolute atomic E-state index is 5.77. The summed E-state index contributed by atoms with van der Waals surface area (Å²) in [5, 5.41) is 3.27. The highest BCUT2D eigenvalue weighted by Gasteiger charge is 2.36. The monoisotopic (exact) mass is 240 g/mol. The molecule has 1 aromatic rings. The molecule has 0 atom stereocenters. The standard InChI is InChI=1S/C12H20N2OS/c1-15-12(6-3-2-4-7-12)11-14-10(5-8-13)9-16-11/h9H,2-8,13H2,1H3. The summed E-state index contributed by atoms with van der Waals surface area (Å²) in [5.41, 5.74) is 6.56. The zero-order valence-electron chi connectivity index (χ0n) is 9.87. The number of ether oxygens (including phenoxy) is 1. The van der Waals surface area contributed by atoms with E-state index in [-0.39, 0.29) is 5.60 Å². The molecule has 2 N–H and O–H groups in total. The van der Waals surface area contributed by atoms with E-state index in [0.717, 1.165) is 30.0 Å². The van der Waals surface area contributed by atoms with Gasteiger partial charge >= 0.3 is 0 Å². The minimum absolute atomic E-state index is 0.101. The summed E-state index contributed by atoms with van der Waals surface area (Å²) < 4.78 is 5.77. The van der Waals surface area contributed by atoms with E-state index < -0.39 is 0 Å². The van der Waals surface area contributed by atoms with E-state index in [4.69, 9.17) is 10.5 Å². The Morgan fingerprint density at radius 1 is 1.44 bits per heavy atom. The molecule has 1 aliphatic carbocycles. The minimum Gasteiger partial charge on any atom is -0.371 e. The molecule has 16 heavy (non-hydrogen) atoms. The van der Waals surface area contributed by atoms with E-state index >= 15 is 0 Å². The minimum atomic E-state index is -0.101. The van der Waals surface area contributed by atoms with Crippen LogP contribution in [0.4, 0.5) is 0 Å². The first-order valence-electron chi connectivity index (χ1n) is 6.01. The lowest BCUT2D eigenvalue weighted by Crippen LogP contribution is -2.31. The molecule has 1 saturated carbocycles. The van der Waals surface area contributed by atoms with Gasteiger partial charge in [0, 0.05) is 18.9 Å². The van der Waals surface area contributed by atoms with E-state index in [2.05, 4.69) is 10.4 Å². The average molecular weight is 240 g/mol. The zero-order valence-corrected chi connectivity index (χ0v) is 10.7. The number of rotatable bonds is 4. The molecular weight excluding hydrogens is 220 g/mol. The highest BCUT2D eigenvalue weighted by atomic mass is 32.1. The Bertz CT molecular complexity index is 332. The van der Waals surface area contributed by atoms with Gasteiger partial charge in [-0.2, -0.15) is 0 Å². The van der Waals surface area contributed by atoms with Crippen LogP contribution in [-0.2, 0) is 16.8 Å². The fourth-order valence-electron chi connectivity index (χ4n) is 2.41. The van der Waals surface area contributed by atoms with Crippen molar-refractivity contribution in [2.45, 2.75) is 44.1 Å². The van der Waals surface area contributed by atoms with Gasteiger partial charge in [-0.3, -0.25) is 0 Å². The van der Waals surface area contributed by atoms with Crippen molar-refractivity contribution in [1.29, 1.82) is 0 Å². The van der Waals surface area contributed by atoms with Crippen molar-refractivity contribution in [3.63, 3.8) is 0 Å². The third-order valence-corrected chi connectivity index (χ3v) is 4.47. The zero-order chi connectivity index (χ0) is 11.4. The molecule has 3 nitrogen and oxygen atoms in total. The average Bonchev–Trinajstić information content (AvgIpc) is 2.80. The van der Waals surface area contributed by atoms with Gasteiger partial charge in [-0.25, -0.2) is 4.98 Å². The molecule has 1 heterocycles. The second-order valence-electron chi connectivity index (χ2n) is 4.44. The third-order valence-electron chi connectivity index (χ3n) is 3.39. The van der Waals surface area contributed by atoms with Gasteiger partial charge in [0.1, 0.15) is 10.6 Å². The van der Waals surface area contributed by atoms with Crippen molar-refractivity contribution >= 4 is 11.3 Å². The summed E-state index contributed by atoms with van der Waals surface area (Å²) in [6, 6.07) is 0. The molecule has 2 rings (SSSR count). The first kappa shape index (κ1) is 12.0. The maximum Gasteiger partial charge on any atom is 0.125 e. The van der Waals surface area contributed by atoms with Crippen molar-refractivity contribution in [1.82, 2.24) is 4.98 Å². The third kappa shape index (κ3) is 2.29. The van der Waals surface area contributed by atoms with Gasteiger partial charge in [0.2, 0.25) is 0 Å². The predicted molar refractivity (Wildman–Crippen MR) is 66.6 cm³/mol. The smallest absolute Gasteiger partial charge is 0.125 e. The van der Waals surface area contributed by atoms with E-state index in [1.54, 1.807) is 11.3 Å². The Hall–Kier alpha value is -0.450. The number of aromatic nitrogens is 1. The highest BCUT2D eigenvalue weighted by molar-refractivity contribution is 7.09. The van der Waals surface area contributed by atoms with Gasteiger partial charge in [-0.1, -0.05) is 19.3 Å². The molecule has 4 heteroatoms. The first-order valence-corrected chi connectivity index (χ1v) is 6.89. The van der Waals surface area contributed by atoms with Crippen LogP contribution < -0.4 is 5.73 Å². The van der Waals surface area contributed by atoms with E-state index in [9.17, 15) is 0 Å². The molecule has 0 aromatic carbocycles. The number of methoxy groups -OCH3 is 1. The van der Waals surface area contributed by atoms with Crippen LogP contribution >= 0.6 is 11.3 Å². The van der Waals surface area contributed by atoms with E-state index in [0.29, 0.717) is 6.54 Å². The van der Waals surface area contributed by atoms with Crippen LogP contribution in [0.25, 0.3) is 0 Å². The molecule has 0 spiro atoms. The number of thiazole rings is 1. The summed E-state index contributed by atoms with van der Waals surface area (Å²) >= 11 is 1.73. The van der Waals surface area contributed by atoms with Crippen LogP contribution in [0.1, 0.15) is 42.8 Å². The van der Waals surface area contributed by atoms with Gasteiger partial charge in [-0.15, -0.1) is 11.3 Å². The molecule has 0 bridgehead atoms. The lowest BCUT2D eigenvalue weighted by Gasteiger charge is -2.34. The summed E-state index contributed by atoms with van der Waals surface area (Å²) in [4.78, 5) is 4.68. The largest absolute Gasteiger partial charge is 0.371 e. The molecule has 0 amide bonds. The first-order chi connectivity index (χ1) is 7.80. The Labute approximate surface area is 101 Å². The van der Waals surface area contributed by atoms with Gasteiger partial charge in [0.25, 0.3) is 0 Å². The number of nitrogens with zero attached hydrogens (tertiary/aromatic N) is 1. The van der Waals surface area contributed by atoms with E-state index in [1.807, 2.05) is 7.11 Å². The Morgan fingerprint density at radius 3 is 2.81 bits per heavy atom. The fraction of sp³-hybridized carbons (Fsp3) is 0.750. The molecule has 0 unspecified atom stereocenters. The Kier molecular flexibility index (Phi) is 3.95. The summed E-state index contributed by atoms with van der Waals surface area (Å²) in [6.45, 7) is 0.670. The van der Waals surface area contributed by atoms with Gasteiger partial charge in [0.15, 0.2) is 0 Å². The van der Waals surface area contributed by atoms with Crippen LogP contribution in [0.5, 0.6) is 0 Å². The molecular formula is C12H20N2OS. The molecule has 0 radical (unpaired) electrons. The van der Waals surface area contributed by atoms with Crippen molar-refractivity contribution in [2.75, 3.05) is 13.7 Å². The molecule has 1 aliphatic rings. The van der Waals surface area contributed by atoms with Crippen LogP contribution in [0.3, 0.4) is 0 Å². The van der Waals surface area contributed by atoms with Gasteiger partial charge in [-0.05, 0) is 19.4 Å². The van der Waals surface area contributed by atoms with Crippen LogP contribution in [0, 0.1) is 0 Å². The van der Waals surface area contributed by atoms with Crippen molar-refractivity contribution in [3.8, 4) is 0 Å². The van der Waals surface area contributed by atoms with E-state index in [1.165, 1.54) is 19.3 Å². The van der Waals surface area contributed by atoms with Crippen LogP contribution in [0.15, 0.2) is 5.38 Å². The second-order valence-corrected chi connectivity index (χ2v) is 5.30. The molecule has 1 aromatic heterocycles. The summed E-state index contributed by atoms with van der Waals surface area (Å²) in [6.07, 6.45) is 6.92. The normalized spacial score (nSPS) is 19.9. The second kappa shape index (κ2) is 5.25. The SMILES string of the molecule is COC1(c2nc(CCN)cs2)CCCCC1. The van der Waals surface area contributed by atoms with Crippen molar-refractivity contribution < 1.29 is 4.74 Å². The van der Waals surface area contributed by atoms with Crippen LogP contribution in [-0.4, -0.2) is 18.6 Å². The summed E-state index contributed by atoms with van der Waals surface area (Å²) in [7, 11) is 1.81. The number of hydrogen-bond acceptors (Lipinski definition) is 4. The van der Waals surface area contributed by atoms with Crippen LogP contribution in [0.2, 0.25) is 0 Å². The van der Waals surface area contributed by atoms with Crippen molar-refractivity contribution in [3.05, 3.63) is 16.1 Å². The number of hydrogen-bond donors (Lipinski definition) is 1. The lowest BCUT2D eigenvalue weighted by molar-refractivity contribution is -0.0447. The molecule has 0 saturated heterocycles. The Morgan fingerprint density at radius 2 is 2.19 bits per heavy atom. The number of nitrogens with two attached hydrogens (primary N) is 1. The van der Waals surface area contributed by atoms with Gasteiger partial charge in [0.05, 0.1) is 5.69 Å². The lowest BCUT2D eigenvalue weighted by atomic mass is 9.85. The highest BCUT2D eigenvalue weighted by Crippen LogP contribution is 2.41. The predicted octanol–water partition coefficient (Wildman–Crippen LogP) is 2.45. The molecule has 1 fully saturated rings. The molecule has 90 valence electrons. The molecule has 0 aliphatic heterocycles. The summed E-state index contributed by atoms with van der Waals surface area (Å²) in [5.74, 6) is 0. The Balaban J connectivity index is 2.18. The maximum atomic E-state index is 5.77. The quantitative estimate of drug-likeness (QED) is 0.879.